The van der Waals surface area contributed by atoms with Gasteiger partial charge in [0.2, 0.25) is 0 Å². The average molecular weight is 346 g/mol. The van der Waals surface area contributed by atoms with Gasteiger partial charge < -0.3 is 20.1 Å². The molecule has 0 atom stereocenters. The number of hydrogen-bond acceptors (Lipinski definition) is 5. The summed E-state index contributed by atoms with van der Waals surface area (Å²) in [5.74, 6) is -0.812. The fourth-order valence-corrected chi connectivity index (χ4v) is 2.84. The van der Waals surface area contributed by atoms with Crippen molar-refractivity contribution >= 4 is 17.4 Å². The molecule has 6 nitrogen and oxygen atoms in total. The quantitative estimate of drug-likeness (QED) is 0.579. The molecule has 0 saturated carbocycles. The molecule has 0 saturated heterocycles. The lowest BCUT2D eigenvalue weighted by Gasteiger charge is -2.14. The molecule has 4 rings (SSSR count). The molecule has 0 radical (unpaired) electrons. The van der Waals surface area contributed by atoms with E-state index in [-0.39, 0.29) is 28.6 Å². The summed E-state index contributed by atoms with van der Waals surface area (Å²) < 4.78 is 5.79. The topological polar surface area (TPSA) is 102 Å². The lowest BCUT2D eigenvalue weighted by atomic mass is 9.96. The first kappa shape index (κ1) is 15.7. The Bertz CT molecular complexity index is 1070. The van der Waals surface area contributed by atoms with Crippen LogP contribution in [0.2, 0.25) is 0 Å². The van der Waals surface area contributed by atoms with Crippen molar-refractivity contribution in [2.45, 2.75) is 0 Å². The predicted molar refractivity (Wildman–Crippen MR) is 92.8 cm³/mol. The van der Waals surface area contributed by atoms with E-state index in [1.807, 2.05) is 0 Å². The number of carboxylic acids is 1. The number of carboxylic acid groups (broad SMARTS) is 1. The van der Waals surface area contributed by atoms with Crippen LogP contribution in [0.15, 0.2) is 65.7 Å². The van der Waals surface area contributed by atoms with E-state index in [4.69, 9.17) is 4.74 Å². The Morgan fingerprint density at radius 3 is 2.58 bits per heavy atom. The summed E-state index contributed by atoms with van der Waals surface area (Å²) in [5, 5.41) is 31.0. The maximum Gasteiger partial charge on any atom is 0.336 e. The van der Waals surface area contributed by atoms with Gasteiger partial charge in [-0.3, -0.25) is 0 Å². The number of rotatable bonds is 2. The van der Waals surface area contributed by atoms with Crippen LogP contribution in [-0.4, -0.2) is 21.9 Å². The third-order valence-corrected chi connectivity index (χ3v) is 4.02. The van der Waals surface area contributed by atoms with Crippen LogP contribution in [-0.2, 0) is 0 Å². The van der Waals surface area contributed by atoms with Crippen molar-refractivity contribution in [1.82, 2.24) is 0 Å². The fraction of sp³-hybridized carbons (Fsp3) is 0. The number of phenolic OH excluding ortho intramolecular Hbond substituents is 1. The average Bonchev–Trinajstić information content (AvgIpc) is 2.77. The summed E-state index contributed by atoms with van der Waals surface area (Å²) in [4.78, 5) is 16.2. The van der Waals surface area contributed by atoms with Crippen LogP contribution in [0.1, 0.15) is 21.5 Å². The number of aromatic hydroxyl groups is 1. The van der Waals surface area contributed by atoms with Crippen LogP contribution >= 0.6 is 0 Å². The lowest BCUT2D eigenvalue weighted by Crippen LogP contribution is -2.11. The van der Waals surface area contributed by atoms with Gasteiger partial charge in [0.15, 0.2) is 5.75 Å². The number of fused-ring (bicyclic) bond motifs is 2. The number of hydrogen-bond donors (Lipinski definition) is 2. The molecule has 0 bridgehead atoms. The SMILES string of the molecule is O=C(O)c1ccccc1C1=Nc2ccc(O)cc2Oc2cc([O-])ccc21. The largest absolute Gasteiger partial charge is 0.872 e. The number of aromatic carboxylic acids is 1. The van der Waals surface area contributed by atoms with Crippen molar-refractivity contribution in [3.8, 4) is 23.0 Å². The van der Waals surface area contributed by atoms with Crippen molar-refractivity contribution in [2.75, 3.05) is 0 Å². The molecule has 3 aromatic rings. The molecular formula is C20H12NO5-. The molecular weight excluding hydrogens is 334 g/mol. The Hall–Kier alpha value is -3.80. The molecule has 6 heteroatoms. The monoisotopic (exact) mass is 346 g/mol. The molecule has 0 aliphatic carbocycles. The maximum absolute atomic E-state index is 11.8. The first-order valence-electron chi connectivity index (χ1n) is 7.76. The predicted octanol–water partition coefficient (Wildman–Crippen LogP) is 3.44. The van der Waals surface area contributed by atoms with E-state index in [9.17, 15) is 20.1 Å². The Morgan fingerprint density at radius 2 is 1.77 bits per heavy atom. The molecule has 1 heterocycles. The second-order valence-corrected chi connectivity index (χ2v) is 5.72. The van der Waals surface area contributed by atoms with Gasteiger partial charge in [0.05, 0.1) is 11.3 Å². The standard InChI is InChI=1S/C20H13NO5/c22-11-5-7-15-17(9-11)26-18-10-12(23)6-8-16(18)21-19(15)13-3-1-2-4-14(13)20(24)25/h1-10,22-23H,(H,24,25)/p-1. The fourth-order valence-electron chi connectivity index (χ4n) is 2.84. The van der Waals surface area contributed by atoms with Gasteiger partial charge in [-0.2, -0.15) is 0 Å². The smallest absolute Gasteiger partial charge is 0.336 e. The first-order valence-corrected chi connectivity index (χ1v) is 7.76. The Kier molecular flexibility index (Phi) is 3.58. The molecule has 26 heavy (non-hydrogen) atoms. The van der Waals surface area contributed by atoms with Gasteiger partial charge in [-0.25, -0.2) is 9.79 Å². The van der Waals surface area contributed by atoms with Crippen LogP contribution in [0.4, 0.5) is 5.69 Å². The molecule has 128 valence electrons. The third-order valence-electron chi connectivity index (χ3n) is 4.02. The lowest BCUT2D eigenvalue weighted by molar-refractivity contribution is -0.268. The van der Waals surface area contributed by atoms with Gasteiger partial charge in [0.25, 0.3) is 0 Å². The summed E-state index contributed by atoms with van der Waals surface area (Å²) in [5.41, 5.74) is 1.79. The number of benzene rings is 3. The van der Waals surface area contributed by atoms with Gasteiger partial charge in [0, 0.05) is 17.2 Å². The second-order valence-electron chi connectivity index (χ2n) is 5.72. The van der Waals surface area contributed by atoms with Crippen molar-refractivity contribution in [1.29, 1.82) is 0 Å². The second kappa shape index (κ2) is 5.93. The number of carbonyl (C=O) groups is 1. The molecule has 0 unspecified atom stereocenters. The summed E-state index contributed by atoms with van der Waals surface area (Å²) in [6.07, 6.45) is 0. The Labute approximate surface area is 148 Å². The summed E-state index contributed by atoms with van der Waals surface area (Å²) in [6, 6.07) is 15.2. The zero-order valence-corrected chi connectivity index (χ0v) is 13.3. The van der Waals surface area contributed by atoms with Crippen molar-refractivity contribution in [3.05, 3.63) is 77.4 Å². The molecule has 1 aliphatic rings. The van der Waals surface area contributed by atoms with E-state index in [1.165, 1.54) is 30.3 Å². The van der Waals surface area contributed by atoms with Gasteiger partial charge >= 0.3 is 5.97 Å². The third kappa shape index (κ3) is 2.63. The van der Waals surface area contributed by atoms with E-state index in [2.05, 4.69) is 4.99 Å². The van der Waals surface area contributed by atoms with Crippen molar-refractivity contribution < 1.29 is 24.9 Å². The molecule has 0 spiro atoms. The van der Waals surface area contributed by atoms with Crippen LogP contribution in [0.3, 0.4) is 0 Å². The molecule has 0 aromatic heterocycles. The zero-order chi connectivity index (χ0) is 18.3. The first-order chi connectivity index (χ1) is 12.5. The molecule has 1 aliphatic heterocycles. The van der Waals surface area contributed by atoms with Gasteiger partial charge in [-0.15, -0.1) is 5.75 Å². The Morgan fingerprint density at radius 1 is 0.962 bits per heavy atom. The summed E-state index contributed by atoms with van der Waals surface area (Å²) in [6.45, 7) is 0. The van der Waals surface area contributed by atoms with Gasteiger partial charge in [-0.1, -0.05) is 24.3 Å². The van der Waals surface area contributed by atoms with Gasteiger partial charge in [0.1, 0.15) is 17.2 Å². The minimum Gasteiger partial charge on any atom is -0.872 e. The number of aliphatic imine (C=N–C) groups is 1. The summed E-state index contributed by atoms with van der Waals surface area (Å²) >= 11 is 0. The van der Waals surface area contributed by atoms with Crippen molar-refractivity contribution in [2.24, 2.45) is 4.99 Å². The molecule has 2 N–H and O–H groups in total. The van der Waals surface area contributed by atoms with E-state index in [0.29, 0.717) is 22.5 Å². The highest BCUT2D eigenvalue weighted by Gasteiger charge is 2.23. The number of nitrogens with zero attached hydrogens (tertiary/aromatic N) is 1. The summed E-state index contributed by atoms with van der Waals surface area (Å²) in [7, 11) is 0. The van der Waals surface area contributed by atoms with Gasteiger partial charge in [-0.05, 0) is 30.3 Å². The zero-order valence-electron chi connectivity index (χ0n) is 13.3. The normalized spacial score (nSPS) is 12.2. The molecule has 3 aromatic carbocycles. The van der Waals surface area contributed by atoms with E-state index < -0.39 is 5.97 Å². The molecule has 0 amide bonds. The number of phenols is 1. The van der Waals surface area contributed by atoms with Crippen LogP contribution in [0.25, 0.3) is 0 Å². The molecule has 0 fully saturated rings. The Balaban J connectivity index is 2.04. The van der Waals surface area contributed by atoms with Crippen LogP contribution < -0.4 is 9.84 Å². The highest BCUT2D eigenvalue weighted by Crippen LogP contribution is 2.41. The maximum atomic E-state index is 11.8. The van der Waals surface area contributed by atoms with E-state index in [1.54, 1.807) is 30.3 Å². The number of ether oxygens (including phenoxy) is 1. The highest BCUT2D eigenvalue weighted by atomic mass is 16.5. The van der Waals surface area contributed by atoms with E-state index in [0.717, 1.165) is 0 Å². The highest BCUT2D eigenvalue weighted by molar-refractivity contribution is 6.19. The van der Waals surface area contributed by atoms with Crippen LogP contribution in [0, 0.1) is 0 Å². The van der Waals surface area contributed by atoms with Crippen LogP contribution in [0.5, 0.6) is 23.0 Å². The van der Waals surface area contributed by atoms with Crippen molar-refractivity contribution in [3.63, 3.8) is 0 Å². The minimum absolute atomic E-state index is 0.00633. The minimum atomic E-state index is -1.08. The van der Waals surface area contributed by atoms with E-state index >= 15 is 0 Å².